The Bertz CT molecular complexity index is 341. The van der Waals surface area contributed by atoms with Gasteiger partial charge in [0.15, 0.2) is 0 Å². The van der Waals surface area contributed by atoms with Gasteiger partial charge in [0.25, 0.3) is 5.91 Å². The number of aliphatic hydroxyl groups excluding tert-OH is 1. The van der Waals surface area contributed by atoms with Crippen molar-refractivity contribution < 1.29 is 19.3 Å². The summed E-state index contributed by atoms with van der Waals surface area (Å²) in [7, 11) is 1.49. The number of nitrogens with one attached hydrogen (secondary N) is 1. The van der Waals surface area contributed by atoms with Crippen LogP contribution in [0.5, 0.6) is 0 Å². The van der Waals surface area contributed by atoms with Crippen molar-refractivity contribution in [3.05, 3.63) is 5.69 Å². The van der Waals surface area contributed by atoms with E-state index >= 15 is 0 Å². The quantitative estimate of drug-likeness (QED) is 0.559. The molecule has 1 aromatic rings. The van der Waals surface area contributed by atoms with Gasteiger partial charge < -0.3 is 20.9 Å². The Morgan fingerprint density at radius 2 is 2.44 bits per heavy atom. The maximum atomic E-state index is 11.4. The van der Waals surface area contributed by atoms with Crippen molar-refractivity contribution in [2.75, 3.05) is 26.0 Å². The van der Waals surface area contributed by atoms with Crippen molar-refractivity contribution in [1.82, 2.24) is 15.6 Å². The number of nitrogens with zero attached hydrogens (tertiary/aromatic N) is 2. The zero-order valence-electron chi connectivity index (χ0n) is 8.84. The second kappa shape index (κ2) is 6.03. The zero-order valence-corrected chi connectivity index (χ0v) is 8.84. The number of methoxy groups -OCH3 is 1. The molecule has 1 unspecified atom stereocenters. The van der Waals surface area contributed by atoms with E-state index in [9.17, 15) is 9.90 Å². The molecule has 1 aromatic heterocycles. The molecule has 8 nitrogen and oxygen atoms in total. The number of hydrogen-bond donors (Lipinski definition) is 3. The molecule has 1 atom stereocenters. The minimum atomic E-state index is -0.613. The molecule has 0 saturated heterocycles. The van der Waals surface area contributed by atoms with Crippen LogP contribution < -0.4 is 11.1 Å². The average molecular weight is 230 g/mol. The highest BCUT2D eigenvalue weighted by molar-refractivity contribution is 5.95. The number of rotatable bonds is 6. The fourth-order valence-electron chi connectivity index (χ4n) is 1.06. The Hall–Kier alpha value is -1.67. The number of aromatic nitrogens is 2. The number of anilines is 1. The van der Waals surface area contributed by atoms with E-state index in [0.29, 0.717) is 6.42 Å². The predicted octanol–water partition coefficient (Wildman–Crippen LogP) is -1.22. The van der Waals surface area contributed by atoms with Crippen LogP contribution in [0.25, 0.3) is 0 Å². The molecule has 0 aliphatic rings. The van der Waals surface area contributed by atoms with Crippen LogP contribution in [0, 0.1) is 0 Å². The van der Waals surface area contributed by atoms with Gasteiger partial charge in [0.05, 0.1) is 12.7 Å². The number of nitrogen functional groups attached to an aromatic ring is 1. The maximum Gasteiger partial charge on any atom is 0.277 e. The Morgan fingerprint density at radius 3 is 3.00 bits per heavy atom. The summed E-state index contributed by atoms with van der Waals surface area (Å²) in [6, 6.07) is 0. The van der Waals surface area contributed by atoms with Gasteiger partial charge in [-0.25, -0.2) is 4.63 Å². The molecule has 1 heterocycles. The van der Waals surface area contributed by atoms with E-state index in [1.54, 1.807) is 0 Å². The van der Waals surface area contributed by atoms with E-state index in [2.05, 4.69) is 20.3 Å². The van der Waals surface area contributed by atoms with Gasteiger partial charge in [-0.3, -0.25) is 4.79 Å². The summed E-state index contributed by atoms with van der Waals surface area (Å²) in [4.78, 5) is 11.4. The number of ether oxygens (including phenoxy) is 1. The molecule has 0 aliphatic carbocycles. The van der Waals surface area contributed by atoms with Gasteiger partial charge in [-0.15, -0.1) is 0 Å². The predicted molar refractivity (Wildman–Crippen MR) is 53.5 cm³/mol. The van der Waals surface area contributed by atoms with Crippen molar-refractivity contribution in [2.24, 2.45) is 0 Å². The lowest BCUT2D eigenvalue weighted by atomic mass is 10.2. The molecule has 1 amide bonds. The van der Waals surface area contributed by atoms with E-state index < -0.39 is 12.0 Å². The first-order valence-electron chi connectivity index (χ1n) is 4.68. The highest BCUT2D eigenvalue weighted by Gasteiger charge is 2.15. The first-order chi connectivity index (χ1) is 7.65. The first-order valence-corrected chi connectivity index (χ1v) is 4.68. The average Bonchev–Trinajstić information content (AvgIpc) is 2.64. The Morgan fingerprint density at radius 1 is 1.69 bits per heavy atom. The topological polar surface area (TPSA) is 124 Å². The van der Waals surface area contributed by atoms with E-state index in [1.165, 1.54) is 7.11 Å². The molecular weight excluding hydrogens is 216 g/mol. The van der Waals surface area contributed by atoms with Crippen molar-refractivity contribution >= 4 is 11.7 Å². The van der Waals surface area contributed by atoms with Crippen LogP contribution in [0.15, 0.2) is 4.63 Å². The molecule has 0 bridgehead atoms. The summed E-state index contributed by atoms with van der Waals surface area (Å²) in [6.45, 7) is 0.513. The fraction of sp³-hybridized carbons (Fsp3) is 0.625. The molecule has 90 valence electrons. The summed E-state index contributed by atoms with van der Waals surface area (Å²) >= 11 is 0. The van der Waals surface area contributed by atoms with Crippen molar-refractivity contribution in [2.45, 2.75) is 12.5 Å². The van der Waals surface area contributed by atoms with E-state index in [1.807, 2.05) is 0 Å². The van der Waals surface area contributed by atoms with Crippen LogP contribution in [0.1, 0.15) is 16.9 Å². The second-order valence-corrected chi connectivity index (χ2v) is 3.15. The summed E-state index contributed by atoms with van der Waals surface area (Å²) in [5.74, 6) is -0.543. The Labute approximate surface area is 91.7 Å². The number of carbonyl (C=O) groups is 1. The van der Waals surface area contributed by atoms with Crippen LogP contribution in [0.4, 0.5) is 5.82 Å². The van der Waals surface area contributed by atoms with Crippen molar-refractivity contribution in [1.29, 1.82) is 0 Å². The van der Waals surface area contributed by atoms with Gasteiger partial charge >= 0.3 is 0 Å². The van der Waals surface area contributed by atoms with E-state index in [4.69, 9.17) is 10.5 Å². The lowest BCUT2D eigenvalue weighted by Gasteiger charge is -2.09. The molecule has 8 heteroatoms. The van der Waals surface area contributed by atoms with Gasteiger partial charge in [0, 0.05) is 13.7 Å². The van der Waals surface area contributed by atoms with Gasteiger partial charge in [-0.1, -0.05) is 0 Å². The smallest absolute Gasteiger partial charge is 0.277 e. The SMILES string of the molecule is COCC(O)CCNC(=O)c1nonc1N. The molecule has 0 radical (unpaired) electrons. The minimum Gasteiger partial charge on any atom is -0.391 e. The lowest BCUT2D eigenvalue weighted by molar-refractivity contribution is 0.0587. The molecule has 0 fully saturated rings. The number of amides is 1. The van der Waals surface area contributed by atoms with Crippen LogP contribution >= 0.6 is 0 Å². The summed E-state index contributed by atoms with van der Waals surface area (Å²) in [5, 5.41) is 18.4. The van der Waals surface area contributed by atoms with Crippen LogP contribution in [-0.4, -0.2) is 47.7 Å². The molecule has 0 aromatic carbocycles. The van der Waals surface area contributed by atoms with Crippen molar-refractivity contribution in [3.8, 4) is 0 Å². The largest absolute Gasteiger partial charge is 0.391 e. The van der Waals surface area contributed by atoms with Crippen LogP contribution in [0.2, 0.25) is 0 Å². The summed E-state index contributed by atoms with van der Waals surface area (Å²) in [6.07, 6.45) is -0.233. The Balaban J connectivity index is 2.29. The third kappa shape index (κ3) is 3.48. The van der Waals surface area contributed by atoms with E-state index in [0.717, 1.165) is 0 Å². The molecule has 0 saturated carbocycles. The molecule has 1 rings (SSSR count). The van der Waals surface area contributed by atoms with Crippen LogP contribution in [-0.2, 0) is 4.74 Å². The zero-order chi connectivity index (χ0) is 12.0. The summed E-state index contributed by atoms with van der Waals surface area (Å²) in [5.41, 5.74) is 5.27. The maximum absolute atomic E-state index is 11.4. The van der Waals surface area contributed by atoms with Gasteiger partial charge in [-0.05, 0) is 16.7 Å². The highest BCUT2D eigenvalue weighted by Crippen LogP contribution is 2.03. The molecular formula is C8H14N4O4. The third-order valence-corrected chi connectivity index (χ3v) is 1.85. The number of nitrogens with two attached hydrogens (primary N) is 1. The number of hydrogen-bond acceptors (Lipinski definition) is 7. The second-order valence-electron chi connectivity index (χ2n) is 3.15. The fourth-order valence-corrected chi connectivity index (χ4v) is 1.06. The molecule has 0 aliphatic heterocycles. The minimum absolute atomic E-state index is 0.0544. The normalized spacial score (nSPS) is 12.4. The number of aliphatic hydroxyl groups is 1. The molecule has 4 N–H and O–H groups in total. The standard InChI is InChI=1S/C8H14N4O4/c1-15-4-5(13)2-3-10-8(14)6-7(9)12-16-11-6/h5,13H,2-4H2,1H3,(H2,9,12)(H,10,14). The summed E-state index contributed by atoms with van der Waals surface area (Å²) < 4.78 is 9.01. The van der Waals surface area contributed by atoms with Crippen molar-refractivity contribution in [3.63, 3.8) is 0 Å². The lowest BCUT2D eigenvalue weighted by Crippen LogP contribution is -2.29. The number of carbonyl (C=O) groups excluding carboxylic acids is 1. The highest BCUT2D eigenvalue weighted by atomic mass is 16.6. The molecule has 0 spiro atoms. The van der Waals surface area contributed by atoms with Gasteiger partial charge in [0.2, 0.25) is 11.5 Å². The third-order valence-electron chi connectivity index (χ3n) is 1.85. The van der Waals surface area contributed by atoms with Gasteiger partial charge in [-0.2, -0.15) is 0 Å². The Kier molecular flexibility index (Phi) is 4.67. The van der Waals surface area contributed by atoms with E-state index in [-0.39, 0.29) is 24.7 Å². The van der Waals surface area contributed by atoms with Crippen LogP contribution in [0.3, 0.4) is 0 Å². The first kappa shape index (κ1) is 12.4. The molecule has 16 heavy (non-hydrogen) atoms. The monoisotopic (exact) mass is 230 g/mol. The van der Waals surface area contributed by atoms with Gasteiger partial charge in [0.1, 0.15) is 0 Å².